The summed E-state index contributed by atoms with van der Waals surface area (Å²) in [5, 5.41) is 0. The van der Waals surface area contributed by atoms with Crippen LogP contribution in [-0.2, 0) is 23.0 Å². The minimum atomic E-state index is -3.71. The molecule has 21 heavy (non-hydrogen) atoms. The molecular weight excluding hydrogens is 354 g/mol. The molecular formula is C14H16BrN3O2S. The van der Waals surface area contributed by atoms with E-state index < -0.39 is 10.0 Å². The lowest BCUT2D eigenvalue weighted by Gasteiger charge is -2.13. The van der Waals surface area contributed by atoms with Crippen molar-refractivity contribution in [3.8, 4) is 0 Å². The standard InChI is InChI=1S/C14H16BrN3O2S/c1-2-11-6-5-10(9-16)8-13(11)21(19,20)18-14-12(15)4-3-7-17-14/h3-8H,2,9,16H2,1H3,(H,17,18). The van der Waals surface area contributed by atoms with Crippen molar-refractivity contribution in [2.45, 2.75) is 24.8 Å². The summed E-state index contributed by atoms with van der Waals surface area (Å²) < 4.78 is 28.3. The van der Waals surface area contributed by atoms with Gasteiger partial charge in [-0.1, -0.05) is 19.1 Å². The van der Waals surface area contributed by atoms with Crippen LogP contribution in [0.15, 0.2) is 45.9 Å². The molecule has 0 aliphatic carbocycles. The molecule has 0 atom stereocenters. The summed E-state index contributed by atoms with van der Waals surface area (Å²) in [7, 11) is -3.71. The average Bonchev–Trinajstić information content (AvgIpc) is 2.48. The van der Waals surface area contributed by atoms with E-state index in [1.54, 1.807) is 24.3 Å². The van der Waals surface area contributed by atoms with Crippen LogP contribution in [-0.4, -0.2) is 13.4 Å². The van der Waals surface area contributed by atoms with E-state index in [2.05, 4.69) is 25.6 Å². The maximum atomic E-state index is 12.6. The number of sulfonamides is 1. The van der Waals surface area contributed by atoms with E-state index in [1.165, 1.54) is 6.20 Å². The Morgan fingerprint density at radius 2 is 2.10 bits per heavy atom. The Balaban J connectivity index is 2.46. The summed E-state index contributed by atoms with van der Waals surface area (Å²) >= 11 is 3.28. The Hall–Kier alpha value is -1.44. The van der Waals surface area contributed by atoms with Crippen LogP contribution < -0.4 is 10.5 Å². The molecule has 7 heteroatoms. The first-order chi connectivity index (χ1) is 9.97. The van der Waals surface area contributed by atoms with Crippen molar-refractivity contribution in [3.63, 3.8) is 0 Å². The number of hydrogen-bond donors (Lipinski definition) is 2. The van der Waals surface area contributed by atoms with E-state index in [-0.39, 0.29) is 10.7 Å². The highest BCUT2D eigenvalue weighted by molar-refractivity contribution is 9.10. The van der Waals surface area contributed by atoms with Gasteiger partial charge < -0.3 is 5.73 Å². The number of aromatic nitrogens is 1. The van der Waals surface area contributed by atoms with Gasteiger partial charge in [0, 0.05) is 12.7 Å². The van der Waals surface area contributed by atoms with E-state index in [4.69, 9.17) is 5.73 Å². The molecule has 1 heterocycles. The smallest absolute Gasteiger partial charge is 0.263 e. The Bertz CT molecular complexity index is 748. The molecule has 0 aliphatic heterocycles. The van der Waals surface area contributed by atoms with Gasteiger partial charge >= 0.3 is 0 Å². The Kier molecular flexibility index (Phi) is 4.97. The molecule has 0 bridgehead atoms. The van der Waals surface area contributed by atoms with Crippen molar-refractivity contribution in [2.75, 3.05) is 4.72 Å². The largest absolute Gasteiger partial charge is 0.326 e. The molecule has 1 aromatic carbocycles. The van der Waals surface area contributed by atoms with E-state index >= 15 is 0 Å². The van der Waals surface area contributed by atoms with Crippen LogP contribution in [0.5, 0.6) is 0 Å². The number of anilines is 1. The number of nitrogens with zero attached hydrogens (tertiary/aromatic N) is 1. The van der Waals surface area contributed by atoms with Crippen molar-refractivity contribution >= 4 is 31.8 Å². The van der Waals surface area contributed by atoms with E-state index in [0.29, 0.717) is 17.4 Å². The Morgan fingerprint density at radius 3 is 2.71 bits per heavy atom. The fourth-order valence-corrected chi connectivity index (χ4v) is 3.79. The topological polar surface area (TPSA) is 85.1 Å². The van der Waals surface area contributed by atoms with Gasteiger partial charge in [0.2, 0.25) is 0 Å². The first-order valence-corrected chi connectivity index (χ1v) is 8.70. The van der Waals surface area contributed by atoms with E-state index in [0.717, 1.165) is 11.1 Å². The molecule has 0 fully saturated rings. The zero-order valence-electron chi connectivity index (χ0n) is 11.5. The molecule has 0 saturated heterocycles. The van der Waals surface area contributed by atoms with Crippen LogP contribution in [0.2, 0.25) is 0 Å². The van der Waals surface area contributed by atoms with Gasteiger partial charge in [0.25, 0.3) is 10.0 Å². The number of rotatable bonds is 5. The van der Waals surface area contributed by atoms with Gasteiger partial charge in [-0.05, 0) is 51.7 Å². The van der Waals surface area contributed by atoms with Crippen molar-refractivity contribution in [3.05, 3.63) is 52.1 Å². The quantitative estimate of drug-likeness (QED) is 0.848. The second kappa shape index (κ2) is 6.55. The highest BCUT2D eigenvalue weighted by Crippen LogP contribution is 2.24. The molecule has 2 rings (SSSR count). The summed E-state index contributed by atoms with van der Waals surface area (Å²) in [6.07, 6.45) is 2.14. The predicted octanol–water partition coefficient (Wildman–Crippen LogP) is 2.67. The first-order valence-electron chi connectivity index (χ1n) is 6.43. The first kappa shape index (κ1) is 15.9. The molecule has 112 valence electrons. The number of pyridine rings is 1. The Morgan fingerprint density at radius 1 is 1.33 bits per heavy atom. The predicted molar refractivity (Wildman–Crippen MR) is 86.5 cm³/mol. The second-order valence-electron chi connectivity index (χ2n) is 4.44. The minimum Gasteiger partial charge on any atom is -0.326 e. The van der Waals surface area contributed by atoms with Crippen molar-refractivity contribution in [2.24, 2.45) is 5.73 Å². The SMILES string of the molecule is CCc1ccc(CN)cc1S(=O)(=O)Nc1ncccc1Br. The minimum absolute atomic E-state index is 0.241. The normalized spacial score (nSPS) is 11.4. The molecule has 2 aromatic rings. The number of nitrogens with two attached hydrogens (primary N) is 1. The summed E-state index contributed by atoms with van der Waals surface area (Å²) in [4.78, 5) is 4.27. The third-order valence-corrected chi connectivity index (χ3v) is 5.09. The van der Waals surface area contributed by atoms with E-state index in [9.17, 15) is 8.42 Å². The monoisotopic (exact) mass is 369 g/mol. The number of halogens is 1. The highest BCUT2D eigenvalue weighted by Gasteiger charge is 2.20. The van der Waals surface area contributed by atoms with Gasteiger partial charge in [-0.25, -0.2) is 13.4 Å². The third kappa shape index (κ3) is 3.61. The molecule has 1 aromatic heterocycles. The van der Waals surface area contributed by atoms with Crippen LogP contribution in [0.4, 0.5) is 5.82 Å². The van der Waals surface area contributed by atoms with Gasteiger partial charge in [0.15, 0.2) is 5.82 Å². The molecule has 0 spiro atoms. The molecule has 0 aliphatic rings. The number of nitrogens with one attached hydrogen (secondary N) is 1. The molecule has 0 unspecified atom stereocenters. The summed E-state index contributed by atoms with van der Waals surface area (Å²) in [6.45, 7) is 2.20. The third-order valence-electron chi connectivity index (χ3n) is 3.03. The molecule has 0 amide bonds. The lowest BCUT2D eigenvalue weighted by atomic mass is 10.1. The molecule has 0 saturated carbocycles. The van der Waals surface area contributed by atoms with Gasteiger partial charge in [0.1, 0.15) is 0 Å². The number of hydrogen-bond acceptors (Lipinski definition) is 4. The lowest BCUT2D eigenvalue weighted by molar-refractivity contribution is 0.599. The summed E-state index contributed by atoms with van der Waals surface area (Å²) in [5.41, 5.74) is 7.11. The van der Waals surface area contributed by atoms with Crippen molar-refractivity contribution in [1.29, 1.82) is 0 Å². The zero-order chi connectivity index (χ0) is 15.5. The summed E-state index contributed by atoms with van der Waals surface area (Å²) in [6, 6.07) is 8.69. The van der Waals surface area contributed by atoms with Gasteiger partial charge in [-0.15, -0.1) is 0 Å². The van der Waals surface area contributed by atoms with E-state index in [1.807, 2.05) is 13.0 Å². The second-order valence-corrected chi connectivity index (χ2v) is 6.94. The number of aryl methyl sites for hydroxylation is 1. The van der Waals surface area contributed by atoms with Crippen LogP contribution >= 0.6 is 15.9 Å². The van der Waals surface area contributed by atoms with Crippen molar-refractivity contribution in [1.82, 2.24) is 4.98 Å². The highest BCUT2D eigenvalue weighted by atomic mass is 79.9. The Labute approximate surface area is 132 Å². The van der Waals surface area contributed by atoms with Crippen LogP contribution in [0.3, 0.4) is 0 Å². The van der Waals surface area contributed by atoms with Crippen LogP contribution in [0, 0.1) is 0 Å². The fraction of sp³-hybridized carbons (Fsp3) is 0.214. The average molecular weight is 370 g/mol. The van der Waals surface area contributed by atoms with Crippen molar-refractivity contribution < 1.29 is 8.42 Å². The van der Waals surface area contributed by atoms with Gasteiger partial charge in [-0.3, -0.25) is 4.72 Å². The zero-order valence-corrected chi connectivity index (χ0v) is 13.9. The fourth-order valence-electron chi connectivity index (χ4n) is 1.91. The van der Waals surface area contributed by atoms with Gasteiger partial charge in [0.05, 0.1) is 9.37 Å². The maximum absolute atomic E-state index is 12.6. The molecule has 3 N–H and O–H groups in total. The number of benzene rings is 1. The molecule has 5 nitrogen and oxygen atoms in total. The van der Waals surface area contributed by atoms with Gasteiger partial charge in [-0.2, -0.15) is 0 Å². The van der Waals surface area contributed by atoms with Crippen LogP contribution in [0.1, 0.15) is 18.1 Å². The van der Waals surface area contributed by atoms with Crippen LogP contribution in [0.25, 0.3) is 0 Å². The lowest BCUT2D eigenvalue weighted by Crippen LogP contribution is -2.16. The maximum Gasteiger partial charge on any atom is 0.263 e. The molecule has 0 radical (unpaired) electrons. The summed E-state index contributed by atoms with van der Waals surface area (Å²) in [5.74, 6) is 0.262.